The molecule has 0 aliphatic carbocycles. The van der Waals surface area contributed by atoms with Gasteiger partial charge in [-0.25, -0.2) is 4.98 Å². The van der Waals surface area contributed by atoms with Crippen LogP contribution < -0.4 is 0 Å². The molecule has 0 aromatic carbocycles. The van der Waals surface area contributed by atoms with Gasteiger partial charge in [-0.15, -0.1) is 11.8 Å². The van der Waals surface area contributed by atoms with E-state index in [1.807, 2.05) is 0 Å². The summed E-state index contributed by atoms with van der Waals surface area (Å²) < 4.78 is 0.587. The number of thioether (sulfide) groups is 1. The van der Waals surface area contributed by atoms with E-state index in [9.17, 15) is 0 Å². The Morgan fingerprint density at radius 1 is 1.50 bits per heavy atom. The Labute approximate surface area is 103 Å². The van der Waals surface area contributed by atoms with E-state index in [4.69, 9.17) is 12.2 Å². The molecule has 0 fully saturated rings. The number of fused-ring (bicyclic) bond motifs is 1. The summed E-state index contributed by atoms with van der Waals surface area (Å²) in [5.41, 5.74) is 1.74. The number of rotatable bonds is 4. The highest BCUT2D eigenvalue weighted by atomic mass is 32.2. The third kappa shape index (κ3) is 2.44. The Morgan fingerprint density at radius 3 is 3.06 bits per heavy atom. The first-order valence-electron chi connectivity index (χ1n) is 5.23. The highest BCUT2D eigenvalue weighted by Crippen LogP contribution is 2.24. The first-order chi connectivity index (χ1) is 7.68. The minimum absolute atomic E-state index is 0.587. The van der Waals surface area contributed by atoms with E-state index in [-0.39, 0.29) is 0 Å². The molecule has 6 heteroatoms. The Kier molecular flexibility index (Phi) is 3.60. The largest absolute Gasteiger partial charge is 0.342 e. The van der Waals surface area contributed by atoms with Crippen LogP contribution in [0.4, 0.5) is 0 Å². The topological polar surface area (TPSA) is 57.4 Å². The summed E-state index contributed by atoms with van der Waals surface area (Å²) in [6, 6.07) is 0. The molecule has 0 spiro atoms. The molecule has 0 unspecified atom stereocenters. The predicted octanol–water partition coefficient (Wildman–Crippen LogP) is 3.15. The van der Waals surface area contributed by atoms with Gasteiger partial charge in [-0.05, 0) is 18.1 Å². The number of hydrogen-bond acceptors (Lipinski definition) is 4. The van der Waals surface area contributed by atoms with Gasteiger partial charge in [-0.2, -0.15) is 5.10 Å². The summed E-state index contributed by atoms with van der Waals surface area (Å²) in [6.07, 6.45) is 2.83. The first-order valence-corrected chi connectivity index (χ1v) is 6.62. The molecule has 2 aromatic heterocycles. The van der Waals surface area contributed by atoms with Crippen LogP contribution in [-0.2, 0) is 0 Å². The van der Waals surface area contributed by atoms with E-state index >= 15 is 0 Å². The molecular weight excluding hydrogens is 240 g/mol. The molecule has 0 saturated carbocycles. The molecule has 0 radical (unpaired) electrons. The molecular formula is C10H14N4S2. The molecule has 86 valence electrons. The second-order valence-electron chi connectivity index (χ2n) is 4.02. The van der Waals surface area contributed by atoms with E-state index in [1.54, 1.807) is 18.1 Å². The number of aromatic amines is 2. The summed E-state index contributed by atoms with van der Waals surface area (Å²) in [5, 5.41) is 8.01. The van der Waals surface area contributed by atoms with E-state index in [2.05, 4.69) is 34.0 Å². The second kappa shape index (κ2) is 4.97. The Balaban J connectivity index is 2.21. The van der Waals surface area contributed by atoms with Gasteiger partial charge in [0.15, 0.2) is 0 Å². The number of aromatic nitrogens is 4. The van der Waals surface area contributed by atoms with Crippen molar-refractivity contribution >= 4 is 35.0 Å². The molecule has 0 aliphatic heterocycles. The van der Waals surface area contributed by atoms with Crippen molar-refractivity contribution in [2.24, 2.45) is 5.92 Å². The molecule has 4 nitrogen and oxygen atoms in total. The minimum Gasteiger partial charge on any atom is -0.342 e. The SMILES string of the molecule is CC(C)CCSc1n[nH]c(=S)c2nc[nH]c12. The van der Waals surface area contributed by atoms with Crippen LogP contribution in [0.3, 0.4) is 0 Å². The van der Waals surface area contributed by atoms with E-state index < -0.39 is 0 Å². The molecule has 2 rings (SSSR count). The maximum atomic E-state index is 5.11. The van der Waals surface area contributed by atoms with Crippen LogP contribution in [0.25, 0.3) is 11.0 Å². The molecule has 2 aromatic rings. The summed E-state index contributed by atoms with van der Waals surface area (Å²) in [6.45, 7) is 4.44. The lowest BCUT2D eigenvalue weighted by molar-refractivity contribution is 0.632. The normalized spacial score (nSPS) is 11.4. The number of nitrogens with one attached hydrogen (secondary N) is 2. The van der Waals surface area contributed by atoms with Crippen molar-refractivity contribution in [3.63, 3.8) is 0 Å². The molecule has 0 saturated heterocycles. The van der Waals surface area contributed by atoms with Crippen LogP contribution >= 0.6 is 24.0 Å². The third-order valence-electron chi connectivity index (χ3n) is 2.26. The van der Waals surface area contributed by atoms with Crippen LogP contribution in [-0.4, -0.2) is 25.9 Å². The number of hydrogen-bond donors (Lipinski definition) is 2. The van der Waals surface area contributed by atoms with Gasteiger partial charge in [-0.3, -0.25) is 5.10 Å². The Hall–Kier alpha value is -0.880. The fourth-order valence-electron chi connectivity index (χ4n) is 1.34. The van der Waals surface area contributed by atoms with Crippen LogP contribution in [0.2, 0.25) is 0 Å². The van der Waals surface area contributed by atoms with E-state index in [0.717, 1.165) is 21.8 Å². The van der Waals surface area contributed by atoms with Crippen LogP contribution in [0.5, 0.6) is 0 Å². The summed E-state index contributed by atoms with van der Waals surface area (Å²) in [4.78, 5) is 7.26. The number of nitrogens with zero attached hydrogens (tertiary/aromatic N) is 2. The average Bonchev–Trinajstić information content (AvgIpc) is 2.70. The third-order valence-corrected chi connectivity index (χ3v) is 3.55. The van der Waals surface area contributed by atoms with Gasteiger partial charge < -0.3 is 4.98 Å². The van der Waals surface area contributed by atoms with Gasteiger partial charge >= 0.3 is 0 Å². The van der Waals surface area contributed by atoms with Crippen molar-refractivity contribution in [1.29, 1.82) is 0 Å². The van der Waals surface area contributed by atoms with Gasteiger partial charge in [0.25, 0.3) is 0 Å². The van der Waals surface area contributed by atoms with Gasteiger partial charge in [0.05, 0.1) is 6.33 Å². The summed E-state index contributed by atoms with van der Waals surface area (Å²) >= 11 is 6.84. The van der Waals surface area contributed by atoms with Gasteiger partial charge in [-0.1, -0.05) is 26.1 Å². The Bertz CT molecular complexity index is 529. The fraction of sp³-hybridized carbons (Fsp3) is 0.500. The maximum absolute atomic E-state index is 5.11. The molecule has 0 aliphatic rings. The van der Waals surface area contributed by atoms with Gasteiger partial charge in [0, 0.05) is 0 Å². The van der Waals surface area contributed by atoms with Crippen molar-refractivity contribution < 1.29 is 0 Å². The molecule has 0 amide bonds. The standard InChI is InChI=1S/C10H14N4S2/c1-6(2)3-4-16-10-8-7(11-5-12-8)9(15)13-14-10/h5-6H,3-4H2,1-2H3,(H,11,12)(H,13,15). The lowest BCUT2D eigenvalue weighted by Gasteiger charge is -2.04. The predicted molar refractivity (Wildman–Crippen MR) is 69.3 cm³/mol. The van der Waals surface area contributed by atoms with Crippen molar-refractivity contribution in [2.75, 3.05) is 5.75 Å². The van der Waals surface area contributed by atoms with Crippen molar-refractivity contribution in [3.05, 3.63) is 11.0 Å². The van der Waals surface area contributed by atoms with Gasteiger partial charge in [0.2, 0.25) is 0 Å². The van der Waals surface area contributed by atoms with Crippen molar-refractivity contribution in [3.8, 4) is 0 Å². The second-order valence-corrected chi connectivity index (χ2v) is 5.51. The van der Waals surface area contributed by atoms with Crippen LogP contribution in [0.15, 0.2) is 11.4 Å². The van der Waals surface area contributed by atoms with Crippen LogP contribution in [0, 0.1) is 10.6 Å². The minimum atomic E-state index is 0.587. The zero-order valence-electron chi connectivity index (χ0n) is 9.28. The smallest absolute Gasteiger partial charge is 0.147 e. The molecule has 16 heavy (non-hydrogen) atoms. The number of H-pyrrole nitrogens is 2. The van der Waals surface area contributed by atoms with Gasteiger partial charge in [0.1, 0.15) is 20.7 Å². The Morgan fingerprint density at radius 2 is 2.31 bits per heavy atom. The molecule has 0 atom stereocenters. The monoisotopic (exact) mass is 254 g/mol. The van der Waals surface area contributed by atoms with Crippen LogP contribution in [0.1, 0.15) is 20.3 Å². The highest BCUT2D eigenvalue weighted by Gasteiger charge is 2.07. The highest BCUT2D eigenvalue weighted by molar-refractivity contribution is 7.99. The molecule has 2 N–H and O–H groups in total. The molecule has 2 heterocycles. The van der Waals surface area contributed by atoms with E-state index in [1.165, 1.54) is 6.42 Å². The molecule has 0 bridgehead atoms. The average molecular weight is 254 g/mol. The lowest BCUT2D eigenvalue weighted by Crippen LogP contribution is -1.93. The van der Waals surface area contributed by atoms with Crippen molar-refractivity contribution in [2.45, 2.75) is 25.3 Å². The maximum Gasteiger partial charge on any atom is 0.147 e. The fourth-order valence-corrected chi connectivity index (χ4v) is 2.73. The summed E-state index contributed by atoms with van der Waals surface area (Å²) in [7, 11) is 0. The van der Waals surface area contributed by atoms with Crippen molar-refractivity contribution in [1.82, 2.24) is 20.2 Å². The first kappa shape index (κ1) is 11.6. The lowest BCUT2D eigenvalue weighted by atomic mass is 10.2. The zero-order valence-corrected chi connectivity index (χ0v) is 10.9. The quantitative estimate of drug-likeness (QED) is 0.650. The zero-order chi connectivity index (χ0) is 11.5. The van der Waals surface area contributed by atoms with E-state index in [0.29, 0.717) is 10.6 Å². The summed E-state index contributed by atoms with van der Waals surface area (Å²) in [5.74, 6) is 1.77. The number of imidazole rings is 1.